The summed E-state index contributed by atoms with van der Waals surface area (Å²) in [7, 11) is 0. The first-order chi connectivity index (χ1) is 9.95. The normalized spacial score (nSPS) is 12.8. The highest BCUT2D eigenvalue weighted by Crippen LogP contribution is 2.30. The molecule has 2 nitrogen and oxygen atoms in total. The van der Waals surface area contributed by atoms with Crippen LogP contribution in [0.3, 0.4) is 0 Å². The van der Waals surface area contributed by atoms with Gasteiger partial charge in [0, 0.05) is 13.7 Å². The molecule has 0 fully saturated rings. The van der Waals surface area contributed by atoms with Gasteiger partial charge < -0.3 is 0 Å². The van der Waals surface area contributed by atoms with Crippen LogP contribution in [0.2, 0.25) is 0 Å². The largest absolute Gasteiger partial charge is 0.295 e. The number of alkyl halides is 1. The van der Waals surface area contributed by atoms with Gasteiger partial charge in [-0.1, -0.05) is 15.9 Å². The number of halogens is 3. The van der Waals surface area contributed by atoms with Crippen molar-refractivity contribution < 1.29 is 0 Å². The highest BCUT2D eigenvalue weighted by atomic mass is 127. The Balaban J connectivity index is 2.36. The van der Waals surface area contributed by atoms with Gasteiger partial charge in [-0.05, 0) is 78.4 Å². The number of benzene rings is 2. The van der Waals surface area contributed by atoms with Crippen LogP contribution < -0.4 is 0 Å². The van der Waals surface area contributed by atoms with Crippen molar-refractivity contribution >= 4 is 61.2 Å². The first kappa shape index (κ1) is 15.3. The molecule has 0 spiro atoms. The van der Waals surface area contributed by atoms with E-state index >= 15 is 0 Å². The molecule has 0 amide bonds. The molecule has 5 heteroatoms. The first-order valence-corrected chi connectivity index (χ1v) is 8.86. The molecule has 0 aliphatic carbocycles. The molecule has 0 bridgehead atoms. The summed E-state index contributed by atoms with van der Waals surface area (Å²) >= 11 is 12.2. The number of hydrogen-bond acceptors (Lipinski definition) is 1. The van der Waals surface area contributed by atoms with Crippen molar-refractivity contribution in [1.82, 2.24) is 9.55 Å². The van der Waals surface area contributed by atoms with Crippen LogP contribution in [0.25, 0.3) is 16.7 Å². The standard InChI is InChI=1S/C16H13BrClIN2/c1-9-5-11(17)7-13(6-9)21-15-4-3-12(19)8-14(15)20-16(21)10(2)18/h3-8,10H,1-2H3. The van der Waals surface area contributed by atoms with E-state index in [1.54, 1.807) is 0 Å². The lowest BCUT2D eigenvalue weighted by atomic mass is 10.2. The zero-order valence-electron chi connectivity index (χ0n) is 11.6. The maximum atomic E-state index is 6.35. The number of fused-ring (bicyclic) bond motifs is 1. The summed E-state index contributed by atoms with van der Waals surface area (Å²) in [5.74, 6) is 0.867. The quantitative estimate of drug-likeness (QED) is 0.328. The Kier molecular flexibility index (Phi) is 4.30. The second-order valence-electron chi connectivity index (χ2n) is 5.04. The monoisotopic (exact) mass is 474 g/mol. The van der Waals surface area contributed by atoms with Gasteiger partial charge in [-0.3, -0.25) is 4.57 Å². The van der Waals surface area contributed by atoms with Crippen LogP contribution in [-0.4, -0.2) is 9.55 Å². The van der Waals surface area contributed by atoms with Gasteiger partial charge in [-0.15, -0.1) is 11.6 Å². The minimum Gasteiger partial charge on any atom is -0.295 e. The number of aryl methyl sites for hydroxylation is 1. The fourth-order valence-corrected chi connectivity index (χ4v) is 3.67. The van der Waals surface area contributed by atoms with E-state index in [4.69, 9.17) is 16.6 Å². The van der Waals surface area contributed by atoms with Gasteiger partial charge >= 0.3 is 0 Å². The summed E-state index contributed by atoms with van der Waals surface area (Å²) in [6.07, 6.45) is 0. The smallest absolute Gasteiger partial charge is 0.132 e. The molecule has 21 heavy (non-hydrogen) atoms. The van der Waals surface area contributed by atoms with Gasteiger partial charge in [0.05, 0.1) is 16.4 Å². The highest BCUT2D eigenvalue weighted by Gasteiger charge is 2.17. The summed E-state index contributed by atoms with van der Waals surface area (Å²) in [6, 6.07) is 12.6. The Hall–Kier alpha value is -0.590. The number of nitrogens with zero attached hydrogens (tertiary/aromatic N) is 2. The number of imidazole rings is 1. The van der Waals surface area contributed by atoms with E-state index in [0.29, 0.717) is 0 Å². The van der Waals surface area contributed by atoms with Crippen LogP contribution in [0.1, 0.15) is 23.7 Å². The predicted molar refractivity (Wildman–Crippen MR) is 100 cm³/mol. The van der Waals surface area contributed by atoms with Crippen molar-refractivity contribution in [3.8, 4) is 5.69 Å². The molecule has 0 aliphatic heterocycles. The number of rotatable bonds is 2. The summed E-state index contributed by atoms with van der Waals surface area (Å²) in [5.41, 5.74) is 4.32. The van der Waals surface area contributed by atoms with Gasteiger partial charge in [0.25, 0.3) is 0 Å². The third-order valence-electron chi connectivity index (χ3n) is 3.28. The van der Waals surface area contributed by atoms with Crippen molar-refractivity contribution in [3.05, 3.63) is 55.8 Å². The molecule has 2 aromatic carbocycles. The molecule has 108 valence electrons. The lowest BCUT2D eigenvalue weighted by Gasteiger charge is -2.12. The molecule has 0 radical (unpaired) electrons. The fourth-order valence-electron chi connectivity index (χ4n) is 2.46. The minimum absolute atomic E-state index is 0.158. The average Bonchev–Trinajstić information content (AvgIpc) is 2.76. The Morgan fingerprint density at radius 2 is 2.00 bits per heavy atom. The molecule has 0 aliphatic rings. The van der Waals surface area contributed by atoms with E-state index in [0.717, 1.165) is 27.0 Å². The molecule has 1 unspecified atom stereocenters. The second-order valence-corrected chi connectivity index (χ2v) is 7.86. The van der Waals surface area contributed by atoms with Crippen LogP contribution >= 0.6 is 50.1 Å². The van der Waals surface area contributed by atoms with Crippen molar-refractivity contribution in [2.75, 3.05) is 0 Å². The maximum absolute atomic E-state index is 6.35. The molecule has 0 N–H and O–H groups in total. The third kappa shape index (κ3) is 2.98. The summed E-state index contributed by atoms with van der Waals surface area (Å²) in [5, 5.41) is -0.158. The van der Waals surface area contributed by atoms with Crippen LogP contribution in [0.15, 0.2) is 40.9 Å². The summed E-state index contributed by atoms with van der Waals surface area (Å²) in [6.45, 7) is 4.04. The first-order valence-electron chi connectivity index (χ1n) is 6.55. The van der Waals surface area contributed by atoms with Gasteiger partial charge in [-0.25, -0.2) is 4.98 Å². The molecule has 0 saturated heterocycles. The van der Waals surface area contributed by atoms with Gasteiger partial charge in [-0.2, -0.15) is 0 Å². The molecule has 1 aromatic heterocycles. The molecule has 1 heterocycles. The fraction of sp³-hybridized carbons (Fsp3) is 0.188. The lowest BCUT2D eigenvalue weighted by Crippen LogP contribution is -2.02. The topological polar surface area (TPSA) is 17.8 Å². The van der Waals surface area contributed by atoms with Crippen molar-refractivity contribution in [3.63, 3.8) is 0 Å². The summed E-state index contributed by atoms with van der Waals surface area (Å²) in [4.78, 5) is 4.72. The van der Waals surface area contributed by atoms with E-state index in [9.17, 15) is 0 Å². The SMILES string of the molecule is Cc1cc(Br)cc(-n2c(C(C)Cl)nc3cc(I)ccc32)c1. The van der Waals surface area contributed by atoms with Crippen molar-refractivity contribution in [2.24, 2.45) is 0 Å². The zero-order valence-corrected chi connectivity index (χ0v) is 16.1. The molecule has 0 saturated carbocycles. The second kappa shape index (κ2) is 5.89. The van der Waals surface area contributed by atoms with Gasteiger partial charge in [0.2, 0.25) is 0 Å². The van der Waals surface area contributed by atoms with E-state index in [2.05, 4.69) is 86.4 Å². The Morgan fingerprint density at radius 3 is 2.67 bits per heavy atom. The Labute approximate surface area is 150 Å². The van der Waals surface area contributed by atoms with E-state index in [1.807, 2.05) is 6.92 Å². The number of aromatic nitrogens is 2. The molecular formula is C16H13BrClIN2. The maximum Gasteiger partial charge on any atom is 0.132 e. The van der Waals surface area contributed by atoms with E-state index in [-0.39, 0.29) is 5.38 Å². The van der Waals surface area contributed by atoms with E-state index < -0.39 is 0 Å². The van der Waals surface area contributed by atoms with E-state index in [1.165, 1.54) is 9.13 Å². The number of hydrogen-bond donors (Lipinski definition) is 0. The van der Waals surface area contributed by atoms with Crippen molar-refractivity contribution in [1.29, 1.82) is 0 Å². The average molecular weight is 476 g/mol. The highest BCUT2D eigenvalue weighted by molar-refractivity contribution is 14.1. The van der Waals surface area contributed by atoms with Gasteiger partial charge in [0.15, 0.2) is 0 Å². The van der Waals surface area contributed by atoms with Crippen LogP contribution in [0, 0.1) is 10.5 Å². The molecule has 3 rings (SSSR count). The molecule has 3 aromatic rings. The third-order valence-corrected chi connectivity index (χ3v) is 4.61. The molecular weight excluding hydrogens is 462 g/mol. The Bertz CT molecular complexity index is 806. The van der Waals surface area contributed by atoms with Crippen LogP contribution in [-0.2, 0) is 0 Å². The zero-order chi connectivity index (χ0) is 15.1. The lowest BCUT2D eigenvalue weighted by molar-refractivity contribution is 0.881. The Morgan fingerprint density at radius 1 is 1.24 bits per heavy atom. The molecule has 1 atom stereocenters. The van der Waals surface area contributed by atoms with Crippen molar-refractivity contribution in [2.45, 2.75) is 19.2 Å². The summed E-state index contributed by atoms with van der Waals surface area (Å²) < 4.78 is 4.36. The van der Waals surface area contributed by atoms with Crippen LogP contribution in [0.4, 0.5) is 0 Å². The van der Waals surface area contributed by atoms with Gasteiger partial charge in [0.1, 0.15) is 5.82 Å². The predicted octanol–water partition coefficient (Wildman–Crippen LogP) is 6.00. The van der Waals surface area contributed by atoms with Crippen LogP contribution in [0.5, 0.6) is 0 Å². The minimum atomic E-state index is -0.158.